The van der Waals surface area contributed by atoms with Crippen LogP contribution in [0.3, 0.4) is 0 Å². The molecule has 12 nitrogen and oxygen atoms in total. The molecule has 1 heterocycles. The molecule has 0 aliphatic carbocycles. The van der Waals surface area contributed by atoms with Crippen molar-refractivity contribution >= 4 is 29.7 Å². The lowest BCUT2D eigenvalue weighted by Crippen LogP contribution is -2.58. The number of aliphatic hydroxyl groups is 1. The molecule has 0 spiro atoms. The summed E-state index contributed by atoms with van der Waals surface area (Å²) in [7, 11) is 0. The number of hydrogen-bond donors (Lipinski definition) is 6. The van der Waals surface area contributed by atoms with E-state index in [0.29, 0.717) is 6.42 Å². The van der Waals surface area contributed by atoms with Crippen molar-refractivity contribution in [2.45, 2.75) is 49.9 Å². The summed E-state index contributed by atoms with van der Waals surface area (Å²) in [5.74, 6) is -5.18. The number of likely N-dealkylation sites (tertiary alicyclic amines) is 1. The molecule has 0 bridgehead atoms. The first kappa shape index (κ1) is 25.7. The molecule has 1 aromatic rings. The van der Waals surface area contributed by atoms with Crippen LogP contribution in [-0.4, -0.2) is 87.2 Å². The molecular weight excluding hydrogens is 436 g/mol. The average Bonchev–Trinajstić information content (AvgIpc) is 3.27. The Morgan fingerprint density at radius 2 is 1.67 bits per heavy atom. The van der Waals surface area contributed by atoms with Crippen molar-refractivity contribution in [3.05, 3.63) is 35.9 Å². The molecule has 1 aromatic carbocycles. The third kappa shape index (κ3) is 7.26. The Morgan fingerprint density at radius 1 is 1.03 bits per heavy atom. The van der Waals surface area contributed by atoms with Gasteiger partial charge >= 0.3 is 11.9 Å². The van der Waals surface area contributed by atoms with Crippen molar-refractivity contribution in [3.63, 3.8) is 0 Å². The summed E-state index contributed by atoms with van der Waals surface area (Å²) >= 11 is 0. The zero-order valence-electron chi connectivity index (χ0n) is 17.8. The van der Waals surface area contributed by atoms with Crippen LogP contribution >= 0.6 is 0 Å². The van der Waals surface area contributed by atoms with Crippen LogP contribution in [0.15, 0.2) is 30.3 Å². The number of aliphatic carboxylic acids is 2. The molecule has 180 valence electrons. The molecule has 2 rings (SSSR count). The first-order valence-corrected chi connectivity index (χ1v) is 10.4. The Bertz CT molecular complexity index is 878. The van der Waals surface area contributed by atoms with E-state index in [1.807, 2.05) is 0 Å². The molecule has 4 atom stereocenters. The predicted octanol–water partition coefficient (Wildman–Crippen LogP) is -1.93. The summed E-state index contributed by atoms with van der Waals surface area (Å²) < 4.78 is 0. The molecule has 1 saturated heterocycles. The number of nitrogens with zero attached hydrogens (tertiary/aromatic N) is 1. The fourth-order valence-electron chi connectivity index (χ4n) is 3.57. The zero-order chi connectivity index (χ0) is 24.5. The van der Waals surface area contributed by atoms with E-state index in [1.165, 1.54) is 0 Å². The van der Waals surface area contributed by atoms with Crippen molar-refractivity contribution in [1.82, 2.24) is 15.5 Å². The van der Waals surface area contributed by atoms with Gasteiger partial charge in [0.2, 0.25) is 17.7 Å². The largest absolute Gasteiger partial charge is 0.481 e. The third-order valence-electron chi connectivity index (χ3n) is 5.27. The third-order valence-corrected chi connectivity index (χ3v) is 5.27. The number of nitrogens with two attached hydrogens (primary N) is 1. The van der Waals surface area contributed by atoms with E-state index in [4.69, 9.17) is 10.8 Å². The van der Waals surface area contributed by atoms with E-state index in [-0.39, 0.29) is 19.4 Å². The van der Waals surface area contributed by atoms with Gasteiger partial charge in [-0.05, 0) is 24.8 Å². The molecule has 0 aromatic heterocycles. The number of rotatable bonds is 11. The van der Waals surface area contributed by atoms with Crippen LogP contribution in [0, 0.1) is 0 Å². The van der Waals surface area contributed by atoms with Gasteiger partial charge < -0.3 is 36.6 Å². The van der Waals surface area contributed by atoms with Crippen LogP contribution in [0.1, 0.15) is 24.8 Å². The second-order valence-corrected chi connectivity index (χ2v) is 7.73. The maximum atomic E-state index is 12.7. The lowest BCUT2D eigenvalue weighted by Gasteiger charge is -2.27. The Morgan fingerprint density at radius 3 is 2.24 bits per heavy atom. The fraction of sp³-hybridized carbons (Fsp3) is 0.476. The molecule has 1 aliphatic rings. The predicted molar refractivity (Wildman–Crippen MR) is 114 cm³/mol. The molecule has 12 heteroatoms. The van der Waals surface area contributed by atoms with Crippen molar-refractivity contribution in [3.8, 4) is 0 Å². The van der Waals surface area contributed by atoms with E-state index in [9.17, 15) is 34.2 Å². The number of carbonyl (C=O) groups excluding carboxylic acids is 3. The van der Waals surface area contributed by atoms with Gasteiger partial charge in [-0.3, -0.25) is 19.2 Å². The highest BCUT2D eigenvalue weighted by Gasteiger charge is 2.38. The van der Waals surface area contributed by atoms with Gasteiger partial charge in [-0.15, -0.1) is 0 Å². The number of amides is 3. The topological polar surface area (TPSA) is 199 Å². The Balaban J connectivity index is 2.05. The van der Waals surface area contributed by atoms with Crippen molar-refractivity contribution < 1.29 is 39.3 Å². The van der Waals surface area contributed by atoms with E-state index in [2.05, 4.69) is 10.6 Å². The minimum Gasteiger partial charge on any atom is -0.481 e. The minimum absolute atomic E-state index is 0.145. The normalized spacial score (nSPS) is 18.1. The summed E-state index contributed by atoms with van der Waals surface area (Å²) in [5, 5.41) is 32.5. The highest BCUT2D eigenvalue weighted by Crippen LogP contribution is 2.18. The Labute approximate surface area is 189 Å². The van der Waals surface area contributed by atoms with Crippen LogP contribution in [0.5, 0.6) is 0 Å². The lowest BCUT2D eigenvalue weighted by atomic mass is 10.1. The molecule has 4 unspecified atom stereocenters. The van der Waals surface area contributed by atoms with Gasteiger partial charge in [0.05, 0.1) is 19.1 Å². The highest BCUT2D eigenvalue weighted by atomic mass is 16.4. The maximum Gasteiger partial charge on any atom is 0.326 e. The Hall–Kier alpha value is -3.51. The molecule has 0 radical (unpaired) electrons. The molecule has 1 fully saturated rings. The molecule has 7 N–H and O–H groups in total. The summed E-state index contributed by atoms with van der Waals surface area (Å²) in [6.07, 6.45) is 0.0524. The van der Waals surface area contributed by atoms with Gasteiger partial charge in [0, 0.05) is 6.54 Å². The van der Waals surface area contributed by atoms with Gasteiger partial charge in [-0.1, -0.05) is 30.3 Å². The van der Waals surface area contributed by atoms with Gasteiger partial charge in [0.15, 0.2) is 0 Å². The summed E-state index contributed by atoms with van der Waals surface area (Å²) in [4.78, 5) is 61.4. The monoisotopic (exact) mass is 464 g/mol. The van der Waals surface area contributed by atoms with Crippen LogP contribution in [0.25, 0.3) is 0 Å². The molecule has 0 saturated carbocycles. The van der Waals surface area contributed by atoms with Gasteiger partial charge in [-0.2, -0.15) is 0 Å². The van der Waals surface area contributed by atoms with Crippen molar-refractivity contribution in [2.75, 3.05) is 13.2 Å². The second-order valence-electron chi connectivity index (χ2n) is 7.73. The number of aliphatic hydroxyl groups excluding tert-OH is 1. The van der Waals surface area contributed by atoms with Crippen LogP contribution in [0.4, 0.5) is 0 Å². The molecule has 3 amide bonds. The minimum atomic E-state index is -1.56. The van der Waals surface area contributed by atoms with Crippen LogP contribution in [-0.2, 0) is 30.4 Å². The standard InChI is InChI=1S/C21H28N4O8/c22-13(9-12-5-2-1-3-6-12)18(29)23-14(10-17(27)28)19(30)24-15(11-26)20(31)25-8-4-7-16(25)21(32)33/h1-3,5-6,13-16,26H,4,7-11,22H2,(H,23,29)(H,24,30)(H,27,28)(H,32,33). The van der Waals surface area contributed by atoms with E-state index in [1.54, 1.807) is 30.3 Å². The molecular formula is C21H28N4O8. The average molecular weight is 464 g/mol. The van der Waals surface area contributed by atoms with E-state index >= 15 is 0 Å². The lowest BCUT2D eigenvalue weighted by molar-refractivity contribution is -0.150. The Kier molecular flexibility index (Phi) is 9.30. The number of nitrogens with one attached hydrogen (secondary N) is 2. The number of carboxylic acids is 2. The zero-order valence-corrected chi connectivity index (χ0v) is 17.8. The second kappa shape index (κ2) is 11.9. The molecule has 33 heavy (non-hydrogen) atoms. The van der Waals surface area contributed by atoms with Crippen LogP contribution in [0.2, 0.25) is 0 Å². The number of benzene rings is 1. The summed E-state index contributed by atoms with van der Waals surface area (Å²) in [6.45, 7) is -0.694. The van der Waals surface area contributed by atoms with E-state index < -0.39 is 66.9 Å². The highest BCUT2D eigenvalue weighted by molar-refractivity contribution is 5.95. The number of carboxylic acid groups (broad SMARTS) is 2. The first-order chi connectivity index (χ1) is 15.6. The molecule has 1 aliphatic heterocycles. The first-order valence-electron chi connectivity index (χ1n) is 10.4. The number of carbonyl (C=O) groups is 5. The van der Waals surface area contributed by atoms with E-state index in [0.717, 1.165) is 10.5 Å². The van der Waals surface area contributed by atoms with Crippen LogP contribution < -0.4 is 16.4 Å². The van der Waals surface area contributed by atoms with Gasteiger partial charge in [0.1, 0.15) is 18.1 Å². The quantitative estimate of drug-likeness (QED) is 0.216. The van der Waals surface area contributed by atoms with Crippen molar-refractivity contribution in [1.29, 1.82) is 0 Å². The SMILES string of the molecule is NC(Cc1ccccc1)C(=O)NC(CC(=O)O)C(=O)NC(CO)C(=O)N1CCCC1C(=O)O. The number of hydrogen-bond acceptors (Lipinski definition) is 7. The fourth-order valence-corrected chi connectivity index (χ4v) is 3.57. The smallest absolute Gasteiger partial charge is 0.326 e. The van der Waals surface area contributed by atoms with Crippen molar-refractivity contribution in [2.24, 2.45) is 5.73 Å². The van der Waals surface area contributed by atoms with Gasteiger partial charge in [0.25, 0.3) is 0 Å². The summed E-state index contributed by atoms with van der Waals surface area (Å²) in [6, 6.07) is 3.65. The summed E-state index contributed by atoms with van der Waals surface area (Å²) in [5.41, 5.74) is 6.65. The van der Waals surface area contributed by atoms with Gasteiger partial charge in [-0.25, -0.2) is 4.79 Å². The maximum absolute atomic E-state index is 12.7.